The Labute approximate surface area is 74.0 Å². The molecule has 3 N–H and O–H groups in total. The largest absolute Gasteiger partial charge is 0.409 e. The van der Waals surface area contributed by atoms with Crippen molar-refractivity contribution >= 4 is 17.4 Å². The number of benzene rings is 1. The van der Waals surface area contributed by atoms with Crippen molar-refractivity contribution in [1.29, 1.82) is 0 Å². The van der Waals surface area contributed by atoms with Gasteiger partial charge >= 0.3 is 0 Å². The Bertz CT molecular complexity index is 284. The number of amidine groups is 1. The first-order valence-corrected chi connectivity index (χ1v) is 3.54. The van der Waals surface area contributed by atoms with E-state index in [-0.39, 0.29) is 5.84 Å². The zero-order valence-electron chi connectivity index (χ0n) is 6.03. The maximum atomic E-state index is 8.47. The first-order chi connectivity index (χ1) is 5.77. The molecule has 5 heteroatoms. The monoisotopic (exact) mass is 186 g/mol. The van der Waals surface area contributed by atoms with Crippen LogP contribution in [0.1, 0.15) is 5.56 Å². The Balaban J connectivity index is 2.96. The van der Waals surface area contributed by atoms with E-state index in [0.717, 1.165) is 0 Å². The summed E-state index contributed by atoms with van der Waals surface area (Å²) in [5.41, 5.74) is 2.29. The molecule has 1 aromatic rings. The number of oxime groups is 1. The minimum absolute atomic E-state index is 0.0216. The normalized spacial score (nSPS) is 11.3. The topological polar surface area (TPSA) is 64.9 Å². The van der Waals surface area contributed by atoms with E-state index < -0.39 is 0 Å². The Morgan fingerprint density at radius 1 is 1.33 bits per heavy atom. The molecule has 0 amide bonds. The number of hydrogen-bond donors (Lipinski definition) is 3. The summed E-state index contributed by atoms with van der Waals surface area (Å²) in [4.78, 5) is 0. The van der Waals surface area contributed by atoms with E-state index in [4.69, 9.17) is 22.0 Å². The molecule has 0 spiro atoms. The van der Waals surface area contributed by atoms with Crippen LogP contribution in [0, 0.1) is 0 Å². The van der Waals surface area contributed by atoms with Gasteiger partial charge in [-0.1, -0.05) is 16.8 Å². The van der Waals surface area contributed by atoms with Crippen molar-refractivity contribution in [1.82, 2.24) is 5.48 Å². The lowest BCUT2D eigenvalue weighted by molar-refractivity contribution is 0.223. The summed E-state index contributed by atoms with van der Waals surface area (Å²) >= 11 is 5.62. The summed E-state index contributed by atoms with van der Waals surface area (Å²) in [7, 11) is 0. The molecule has 0 heterocycles. The van der Waals surface area contributed by atoms with Crippen molar-refractivity contribution in [3.63, 3.8) is 0 Å². The molecule has 0 radical (unpaired) electrons. The lowest BCUT2D eigenvalue weighted by Crippen LogP contribution is -2.19. The highest BCUT2D eigenvalue weighted by Gasteiger charge is 2.00. The molecule has 64 valence electrons. The molecule has 0 atom stereocenters. The summed E-state index contributed by atoms with van der Waals surface area (Å²) in [5.74, 6) is -0.0216. The summed E-state index contributed by atoms with van der Waals surface area (Å²) < 4.78 is 0. The fourth-order valence-corrected chi connectivity index (χ4v) is 0.878. The molecule has 0 unspecified atom stereocenters. The van der Waals surface area contributed by atoms with E-state index in [1.54, 1.807) is 29.7 Å². The lowest BCUT2D eigenvalue weighted by atomic mass is 10.2. The fraction of sp³-hybridized carbons (Fsp3) is 0. The van der Waals surface area contributed by atoms with E-state index in [9.17, 15) is 0 Å². The molecule has 1 rings (SSSR count). The van der Waals surface area contributed by atoms with Gasteiger partial charge in [-0.2, -0.15) is 0 Å². The second kappa shape index (κ2) is 3.94. The molecule has 1 aromatic carbocycles. The van der Waals surface area contributed by atoms with Crippen LogP contribution in [0.2, 0.25) is 5.02 Å². The minimum atomic E-state index is -0.0216. The van der Waals surface area contributed by atoms with Crippen molar-refractivity contribution in [2.24, 2.45) is 5.16 Å². The van der Waals surface area contributed by atoms with E-state index in [1.807, 2.05) is 0 Å². The number of nitrogens with zero attached hydrogens (tertiary/aromatic N) is 1. The summed E-state index contributed by atoms with van der Waals surface area (Å²) in [5, 5.41) is 20.3. The zero-order chi connectivity index (χ0) is 8.97. The Hall–Kier alpha value is -1.26. The van der Waals surface area contributed by atoms with Gasteiger partial charge in [-0.25, -0.2) is 5.48 Å². The van der Waals surface area contributed by atoms with Crippen LogP contribution in [-0.2, 0) is 0 Å². The highest BCUT2D eigenvalue weighted by atomic mass is 35.5. The van der Waals surface area contributed by atoms with Gasteiger partial charge in [-0.05, 0) is 24.3 Å². The highest BCUT2D eigenvalue weighted by Crippen LogP contribution is 2.09. The second-order valence-electron chi connectivity index (χ2n) is 2.07. The van der Waals surface area contributed by atoms with E-state index >= 15 is 0 Å². The molecule has 0 fully saturated rings. The summed E-state index contributed by atoms with van der Waals surface area (Å²) in [6.07, 6.45) is 0. The molecule has 12 heavy (non-hydrogen) atoms. The summed E-state index contributed by atoms with van der Waals surface area (Å²) in [6.45, 7) is 0. The van der Waals surface area contributed by atoms with Gasteiger partial charge in [-0.15, -0.1) is 0 Å². The molecule has 0 aliphatic carbocycles. The van der Waals surface area contributed by atoms with Gasteiger partial charge in [0.15, 0.2) is 5.84 Å². The number of rotatable bonds is 1. The quantitative estimate of drug-likeness (QED) is 0.269. The van der Waals surface area contributed by atoms with Crippen LogP contribution in [0.5, 0.6) is 0 Å². The van der Waals surface area contributed by atoms with Crippen LogP contribution >= 0.6 is 11.6 Å². The Morgan fingerprint density at radius 2 is 1.92 bits per heavy atom. The van der Waals surface area contributed by atoms with Crippen LogP contribution in [0.3, 0.4) is 0 Å². The van der Waals surface area contributed by atoms with Gasteiger partial charge in [0.25, 0.3) is 0 Å². The van der Waals surface area contributed by atoms with Crippen molar-refractivity contribution < 1.29 is 10.4 Å². The average molecular weight is 187 g/mol. The van der Waals surface area contributed by atoms with E-state index in [2.05, 4.69) is 5.16 Å². The van der Waals surface area contributed by atoms with Crippen molar-refractivity contribution in [2.45, 2.75) is 0 Å². The molecule has 0 saturated carbocycles. The predicted octanol–water partition coefficient (Wildman–Crippen LogP) is 1.45. The third-order valence-corrected chi connectivity index (χ3v) is 1.58. The van der Waals surface area contributed by atoms with Crippen LogP contribution in [0.4, 0.5) is 0 Å². The molecular weight excluding hydrogens is 180 g/mol. The van der Waals surface area contributed by atoms with Crippen LogP contribution in [0.15, 0.2) is 29.4 Å². The maximum Gasteiger partial charge on any atom is 0.196 e. The first-order valence-electron chi connectivity index (χ1n) is 3.16. The van der Waals surface area contributed by atoms with Crippen LogP contribution in [0.25, 0.3) is 0 Å². The SMILES string of the molecule is ON=C(NO)c1ccc(Cl)cc1. The molecule has 0 bridgehead atoms. The van der Waals surface area contributed by atoms with Gasteiger partial charge in [0, 0.05) is 10.6 Å². The third-order valence-electron chi connectivity index (χ3n) is 1.32. The number of nitrogens with one attached hydrogen (secondary N) is 1. The zero-order valence-corrected chi connectivity index (χ0v) is 6.78. The fourth-order valence-electron chi connectivity index (χ4n) is 0.752. The number of hydroxylamine groups is 1. The molecule has 4 nitrogen and oxygen atoms in total. The first kappa shape index (κ1) is 8.83. The van der Waals surface area contributed by atoms with Crippen molar-refractivity contribution in [3.8, 4) is 0 Å². The van der Waals surface area contributed by atoms with Gasteiger partial charge in [-0.3, -0.25) is 5.21 Å². The number of halogens is 1. The number of hydrogen-bond acceptors (Lipinski definition) is 3. The molecule has 0 aliphatic heterocycles. The van der Waals surface area contributed by atoms with E-state index in [0.29, 0.717) is 10.6 Å². The summed E-state index contributed by atoms with van der Waals surface area (Å²) in [6, 6.07) is 6.47. The van der Waals surface area contributed by atoms with Crippen LogP contribution < -0.4 is 5.48 Å². The average Bonchev–Trinajstić information content (AvgIpc) is 2.10. The van der Waals surface area contributed by atoms with Gasteiger partial charge < -0.3 is 5.21 Å². The molecule has 0 saturated heterocycles. The van der Waals surface area contributed by atoms with Crippen LogP contribution in [-0.4, -0.2) is 16.3 Å². The van der Waals surface area contributed by atoms with Gasteiger partial charge in [0.2, 0.25) is 0 Å². The second-order valence-corrected chi connectivity index (χ2v) is 2.50. The smallest absolute Gasteiger partial charge is 0.196 e. The van der Waals surface area contributed by atoms with Crippen molar-refractivity contribution in [2.75, 3.05) is 0 Å². The van der Waals surface area contributed by atoms with Gasteiger partial charge in [0.1, 0.15) is 0 Å². The predicted molar refractivity (Wildman–Crippen MR) is 44.7 cm³/mol. The third kappa shape index (κ3) is 1.87. The minimum Gasteiger partial charge on any atom is -0.409 e. The Morgan fingerprint density at radius 3 is 2.33 bits per heavy atom. The molecular formula is C7H7ClN2O2. The standard InChI is InChI=1S/C7H7ClN2O2/c8-6-3-1-5(2-4-6)7(9-11)10-12/h1-4,11-12H,(H,9,10). The van der Waals surface area contributed by atoms with E-state index in [1.165, 1.54) is 0 Å². The highest BCUT2D eigenvalue weighted by molar-refractivity contribution is 6.30. The lowest BCUT2D eigenvalue weighted by Gasteiger charge is -2.00. The molecule has 0 aliphatic rings. The maximum absolute atomic E-state index is 8.47. The Kier molecular flexibility index (Phi) is 2.90. The van der Waals surface area contributed by atoms with Gasteiger partial charge in [0.05, 0.1) is 0 Å². The molecule has 0 aromatic heterocycles. The van der Waals surface area contributed by atoms with Crippen molar-refractivity contribution in [3.05, 3.63) is 34.9 Å².